The minimum atomic E-state index is -0.706. The third-order valence-corrected chi connectivity index (χ3v) is 8.21. The van der Waals surface area contributed by atoms with Crippen molar-refractivity contribution >= 4 is 35.0 Å². The van der Waals surface area contributed by atoms with Gasteiger partial charge in [-0.1, -0.05) is 59.3 Å². The first-order chi connectivity index (χ1) is 20.8. The summed E-state index contributed by atoms with van der Waals surface area (Å²) >= 11 is 7.55. The maximum absolute atomic E-state index is 13.9. The van der Waals surface area contributed by atoms with E-state index in [1.807, 2.05) is 61.5 Å². The van der Waals surface area contributed by atoms with Gasteiger partial charge < -0.3 is 18.9 Å². The van der Waals surface area contributed by atoms with Gasteiger partial charge in [0.2, 0.25) is 0 Å². The van der Waals surface area contributed by atoms with Crippen LogP contribution < -0.4 is 29.1 Å². The van der Waals surface area contributed by atoms with Crippen LogP contribution in [0.1, 0.15) is 43.5 Å². The number of carbonyl (C=O) groups excluding carboxylic acids is 1. The van der Waals surface area contributed by atoms with Crippen LogP contribution in [-0.2, 0) is 16.1 Å². The summed E-state index contributed by atoms with van der Waals surface area (Å²) in [5.74, 6) is 1.27. The summed E-state index contributed by atoms with van der Waals surface area (Å²) in [4.78, 5) is 32.2. The van der Waals surface area contributed by atoms with Gasteiger partial charge in [0.15, 0.2) is 16.3 Å². The van der Waals surface area contributed by atoms with Crippen molar-refractivity contribution in [3.63, 3.8) is 0 Å². The molecule has 4 aromatic rings. The van der Waals surface area contributed by atoms with Gasteiger partial charge in [0, 0.05) is 10.6 Å². The molecule has 10 heteroatoms. The Hall–Kier alpha value is -4.34. The van der Waals surface area contributed by atoms with E-state index < -0.39 is 12.0 Å². The van der Waals surface area contributed by atoms with Crippen molar-refractivity contribution in [1.82, 2.24) is 4.57 Å². The number of aromatic nitrogens is 1. The van der Waals surface area contributed by atoms with Gasteiger partial charge in [-0.15, -0.1) is 0 Å². The Morgan fingerprint density at radius 3 is 2.49 bits per heavy atom. The summed E-state index contributed by atoms with van der Waals surface area (Å²) in [5.41, 5.74) is 2.91. The number of benzene rings is 3. The highest BCUT2D eigenvalue weighted by atomic mass is 35.5. The second kappa shape index (κ2) is 13.3. The number of fused-ring (bicyclic) bond motifs is 1. The first-order valence-corrected chi connectivity index (χ1v) is 15.0. The largest absolute Gasteiger partial charge is 0.497 e. The average Bonchev–Trinajstić information content (AvgIpc) is 3.30. The third-order valence-electron chi connectivity index (χ3n) is 6.85. The predicted molar refractivity (Wildman–Crippen MR) is 167 cm³/mol. The maximum atomic E-state index is 13.9. The van der Waals surface area contributed by atoms with E-state index in [4.69, 9.17) is 30.5 Å². The lowest BCUT2D eigenvalue weighted by Crippen LogP contribution is -2.39. The lowest BCUT2D eigenvalue weighted by molar-refractivity contribution is -0.139. The van der Waals surface area contributed by atoms with Crippen LogP contribution in [0.25, 0.3) is 6.08 Å². The average molecular weight is 619 g/mol. The van der Waals surface area contributed by atoms with Crippen molar-refractivity contribution in [1.29, 1.82) is 0 Å². The molecule has 0 saturated heterocycles. The molecule has 1 atom stereocenters. The molecule has 3 aromatic carbocycles. The van der Waals surface area contributed by atoms with Crippen LogP contribution in [0.2, 0.25) is 5.02 Å². The molecule has 0 radical (unpaired) electrons. The number of hydrogen-bond acceptors (Lipinski definition) is 8. The molecule has 0 N–H and O–H groups in total. The van der Waals surface area contributed by atoms with Gasteiger partial charge in [0.05, 0.1) is 42.2 Å². The first-order valence-electron chi connectivity index (χ1n) is 13.8. The Kier molecular flexibility index (Phi) is 9.33. The van der Waals surface area contributed by atoms with Gasteiger partial charge in [-0.2, -0.15) is 0 Å². The number of rotatable bonds is 10. The van der Waals surface area contributed by atoms with Crippen molar-refractivity contribution in [3.8, 4) is 17.2 Å². The van der Waals surface area contributed by atoms with Gasteiger partial charge >= 0.3 is 5.97 Å². The number of nitrogens with zero attached hydrogens (tertiary/aromatic N) is 2. The fourth-order valence-corrected chi connectivity index (χ4v) is 6.05. The van der Waals surface area contributed by atoms with Crippen LogP contribution in [-0.4, -0.2) is 30.9 Å². The molecule has 0 amide bonds. The molecule has 1 aliphatic rings. The molecule has 5 rings (SSSR count). The summed E-state index contributed by atoms with van der Waals surface area (Å²) in [6.07, 6.45) is 1.79. The number of carbonyl (C=O) groups is 1. The molecule has 0 spiro atoms. The lowest BCUT2D eigenvalue weighted by atomic mass is 9.96. The molecule has 0 fully saturated rings. The number of allylic oxidation sites excluding steroid dienone is 1. The number of hydrogen-bond donors (Lipinski definition) is 0. The molecule has 0 aliphatic carbocycles. The zero-order valence-electron chi connectivity index (χ0n) is 24.3. The number of thiazole rings is 1. The van der Waals surface area contributed by atoms with Crippen LogP contribution in [0.4, 0.5) is 0 Å². The maximum Gasteiger partial charge on any atom is 0.338 e. The van der Waals surface area contributed by atoms with Gasteiger partial charge in [-0.3, -0.25) is 9.36 Å². The van der Waals surface area contributed by atoms with Crippen molar-refractivity contribution < 1.29 is 23.7 Å². The van der Waals surface area contributed by atoms with Crippen molar-refractivity contribution in [2.75, 3.05) is 20.3 Å². The molecule has 8 nitrogen and oxygen atoms in total. The Labute approximate surface area is 258 Å². The van der Waals surface area contributed by atoms with Crippen LogP contribution in [0, 0.1) is 0 Å². The van der Waals surface area contributed by atoms with E-state index in [1.165, 1.54) is 11.3 Å². The minimum Gasteiger partial charge on any atom is -0.497 e. The highest BCUT2D eigenvalue weighted by Gasteiger charge is 2.33. The molecule has 0 unspecified atom stereocenters. The predicted octanol–water partition coefficient (Wildman–Crippen LogP) is 5.44. The molecule has 222 valence electrons. The molecule has 1 aromatic heterocycles. The third kappa shape index (κ3) is 6.38. The smallest absolute Gasteiger partial charge is 0.338 e. The zero-order chi connectivity index (χ0) is 30.5. The second-order valence-corrected chi connectivity index (χ2v) is 11.0. The van der Waals surface area contributed by atoms with E-state index in [-0.39, 0.29) is 18.8 Å². The van der Waals surface area contributed by atoms with E-state index >= 15 is 0 Å². The fraction of sp³-hybridized carbons (Fsp3) is 0.242. The van der Waals surface area contributed by atoms with Gasteiger partial charge in [0.1, 0.15) is 12.4 Å². The molecule has 1 aliphatic heterocycles. The van der Waals surface area contributed by atoms with Crippen LogP contribution in [0.5, 0.6) is 17.2 Å². The Balaban J connectivity index is 1.56. The van der Waals surface area contributed by atoms with Crippen LogP contribution in [0.15, 0.2) is 87.8 Å². The number of ether oxygens (including phenoxy) is 4. The number of halogens is 1. The monoisotopic (exact) mass is 618 g/mol. The number of methoxy groups -OCH3 is 1. The summed E-state index contributed by atoms with van der Waals surface area (Å²) in [7, 11) is 1.58. The standard InChI is InChI=1S/C33H31ClN2O6S/c1-5-40-27-17-21(11-16-26(27)42-19-23-9-7-8-10-25(23)34)18-28-31(37)36-30(22-12-14-24(39-4)15-13-22)29(32(38)41-6-2)20(3)35-33(36)43-28/h7-18,30H,5-6,19H2,1-4H3/b28-18+/t30-/m1/s1. The quantitative estimate of drug-likeness (QED) is 0.220. The van der Waals surface area contributed by atoms with Gasteiger partial charge in [0.25, 0.3) is 5.56 Å². The minimum absolute atomic E-state index is 0.204. The molecule has 43 heavy (non-hydrogen) atoms. The highest BCUT2D eigenvalue weighted by molar-refractivity contribution is 7.07. The van der Waals surface area contributed by atoms with E-state index in [0.717, 1.165) is 16.7 Å². The molecular weight excluding hydrogens is 588 g/mol. The van der Waals surface area contributed by atoms with E-state index in [9.17, 15) is 9.59 Å². The topological polar surface area (TPSA) is 88.4 Å². The van der Waals surface area contributed by atoms with Gasteiger partial charge in [-0.05, 0) is 68.3 Å². The molecule has 0 bridgehead atoms. The zero-order valence-corrected chi connectivity index (χ0v) is 25.8. The fourth-order valence-electron chi connectivity index (χ4n) is 4.82. The Morgan fingerprint density at radius 2 is 1.79 bits per heavy atom. The molecule has 0 saturated carbocycles. The second-order valence-electron chi connectivity index (χ2n) is 9.59. The highest BCUT2D eigenvalue weighted by Crippen LogP contribution is 2.32. The normalized spacial score (nSPS) is 14.6. The van der Waals surface area contributed by atoms with Crippen LogP contribution in [0.3, 0.4) is 0 Å². The van der Waals surface area contributed by atoms with E-state index in [0.29, 0.717) is 49.5 Å². The van der Waals surface area contributed by atoms with Crippen molar-refractivity contribution in [2.24, 2.45) is 4.99 Å². The van der Waals surface area contributed by atoms with E-state index in [1.54, 1.807) is 43.7 Å². The summed E-state index contributed by atoms with van der Waals surface area (Å²) in [6.45, 7) is 6.32. The summed E-state index contributed by atoms with van der Waals surface area (Å²) in [6, 6.07) is 19.6. The van der Waals surface area contributed by atoms with Crippen molar-refractivity contribution in [2.45, 2.75) is 33.4 Å². The Bertz CT molecular complexity index is 1860. The van der Waals surface area contributed by atoms with Crippen molar-refractivity contribution in [3.05, 3.63) is 119 Å². The lowest BCUT2D eigenvalue weighted by Gasteiger charge is -2.24. The molecule has 2 heterocycles. The Morgan fingerprint density at radius 1 is 1.02 bits per heavy atom. The molecular formula is C33H31ClN2O6S. The first kappa shape index (κ1) is 30.1. The summed E-state index contributed by atoms with van der Waals surface area (Å²) in [5, 5.41) is 0.627. The van der Waals surface area contributed by atoms with Gasteiger partial charge in [-0.25, -0.2) is 9.79 Å². The van der Waals surface area contributed by atoms with E-state index in [2.05, 4.69) is 4.99 Å². The summed E-state index contributed by atoms with van der Waals surface area (Å²) < 4.78 is 24.6. The SMILES string of the molecule is CCOC(=O)C1=C(C)N=c2s/c(=C/c3ccc(OCc4ccccc4Cl)c(OCC)c3)c(=O)n2[C@@H]1c1ccc(OC)cc1. The number of esters is 1. The van der Waals surface area contributed by atoms with Crippen LogP contribution >= 0.6 is 22.9 Å².